The number of halogens is 2. The molecule has 106 valence electrons. The molecule has 2 rings (SSSR count). The minimum Gasteiger partial charge on any atom is -0.493 e. The Morgan fingerprint density at radius 3 is 2.65 bits per heavy atom. The minimum atomic E-state index is -0.287. The van der Waals surface area contributed by atoms with Crippen LogP contribution in [0.3, 0.4) is 0 Å². The summed E-state index contributed by atoms with van der Waals surface area (Å²) in [7, 11) is 1.59. The molecule has 3 nitrogen and oxygen atoms in total. The fraction of sp³-hybridized carbons (Fsp3) is 0.200. The second-order valence-electron chi connectivity index (χ2n) is 4.05. The van der Waals surface area contributed by atoms with Crippen LogP contribution in [0.15, 0.2) is 46.9 Å². The van der Waals surface area contributed by atoms with Gasteiger partial charge >= 0.3 is 0 Å². The molecule has 0 aromatic heterocycles. The van der Waals surface area contributed by atoms with Gasteiger partial charge in [0.15, 0.2) is 11.5 Å². The lowest BCUT2D eigenvalue weighted by atomic mass is 10.3. The minimum absolute atomic E-state index is 0.287. The maximum absolute atomic E-state index is 13.5. The number of benzene rings is 2. The highest BCUT2D eigenvalue weighted by Gasteiger charge is 2.04. The third-order valence-corrected chi connectivity index (χ3v) is 3.17. The Kier molecular flexibility index (Phi) is 5.24. The Morgan fingerprint density at radius 1 is 1.15 bits per heavy atom. The Hall–Kier alpha value is -1.75. The van der Waals surface area contributed by atoms with Crippen molar-refractivity contribution in [1.29, 1.82) is 0 Å². The van der Waals surface area contributed by atoms with Crippen LogP contribution in [0.25, 0.3) is 0 Å². The van der Waals surface area contributed by atoms with Gasteiger partial charge in [-0.2, -0.15) is 0 Å². The number of hydrogen-bond donors (Lipinski definition) is 1. The number of anilines is 1. The van der Waals surface area contributed by atoms with Gasteiger partial charge in [0.05, 0.1) is 12.8 Å². The van der Waals surface area contributed by atoms with Crippen molar-refractivity contribution in [1.82, 2.24) is 0 Å². The van der Waals surface area contributed by atoms with Crippen molar-refractivity contribution in [3.05, 3.63) is 52.8 Å². The normalized spacial score (nSPS) is 10.2. The van der Waals surface area contributed by atoms with Crippen LogP contribution in [0.1, 0.15) is 0 Å². The summed E-state index contributed by atoms with van der Waals surface area (Å²) in [4.78, 5) is 0. The van der Waals surface area contributed by atoms with Crippen LogP contribution in [0.5, 0.6) is 11.5 Å². The van der Waals surface area contributed by atoms with E-state index in [-0.39, 0.29) is 5.82 Å². The van der Waals surface area contributed by atoms with Crippen molar-refractivity contribution in [2.45, 2.75) is 0 Å². The van der Waals surface area contributed by atoms with Gasteiger partial charge in [-0.3, -0.25) is 0 Å². The Bertz CT molecular complexity index is 578. The van der Waals surface area contributed by atoms with Gasteiger partial charge in [-0.05, 0) is 30.3 Å². The monoisotopic (exact) mass is 339 g/mol. The highest BCUT2D eigenvalue weighted by Crippen LogP contribution is 2.25. The fourth-order valence-electron chi connectivity index (χ4n) is 1.72. The van der Waals surface area contributed by atoms with Crippen LogP contribution in [0.2, 0.25) is 0 Å². The van der Waals surface area contributed by atoms with Crippen molar-refractivity contribution < 1.29 is 13.9 Å². The van der Waals surface area contributed by atoms with Crippen molar-refractivity contribution in [3.63, 3.8) is 0 Å². The summed E-state index contributed by atoms with van der Waals surface area (Å²) in [6, 6.07) is 12.2. The van der Waals surface area contributed by atoms with Gasteiger partial charge in [-0.25, -0.2) is 4.39 Å². The first-order valence-corrected chi connectivity index (χ1v) is 6.95. The molecular formula is C15H15BrFNO2. The van der Waals surface area contributed by atoms with Crippen LogP contribution < -0.4 is 14.8 Å². The quantitative estimate of drug-likeness (QED) is 0.804. The van der Waals surface area contributed by atoms with Gasteiger partial charge < -0.3 is 14.8 Å². The van der Waals surface area contributed by atoms with E-state index in [1.165, 1.54) is 6.07 Å². The molecular weight excluding hydrogens is 325 g/mol. The number of rotatable bonds is 6. The number of ether oxygens (including phenoxy) is 2. The molecule has 20 heavy (non-hydrogen) atoms. The first kappa shape index (κ1) is 14.7. The largest absolute Gasteiger partial charge is 0.493 e. The Labute approximate surface area is 125 Å². The molecule has 0 unspecified atom stereocenters. The van der Waals surface area contributed by atoms with E-state index in [1.54, 1.807) is 19.2 Å². The average Bonchev–Trinajstić information content (AvgIpc) is 2.47. The second-order valence-corrected chi connectivity index (χ2v) is 4.97. The molecule has 2 aromatic carbocycles. The molecule has 0 bridgehead atoms. The zero-order chi connectivity index (χ0) is 14.4. The van der Waals surface area contributed by atoms with Gasteiger partial charge in [0.1, 0.15) is 12.4 Å². The maximum Gasteiger partial charge on any atom is 0.161 e. The molecule has 2 aromatic rings. The second kappa shape index (κ2) is 7.14. The molecule has 0 atom stereocenters. The Balaban J connectivity index is 1.86. The molecule has 5 heteroatoms. The topological polar surface area (TPSA) is 30.5 Å². The molecule has 0 amide bonds. The van der Waals surface area contributed by atoms with E-state index in [0.717, 1.165) is 4.47 Å². The summed E-state index contributed by atoms with van der Waals surface area (Å²) in [5.41, 5.74) is 0.447. The molecule has 0 radical (unpaired) electrons. The van der Waals surface area contributed by atoms with E-state index in [9.17, 15) is 4.39 Å². The molecule has 1 N–H and O–H groups in total. The van der Waals surface area contributed by atoms with Gasteiger partial charge in [-0.15, -0.1) is 0 Å². The van der Waals surface area contributed by atoms with E-state index in [1.807, 2.05) is 24.3 Å². The van der Waals surface area contributed by atoms with Crippen LogP contribution in [0.4, 0.5) is 10.1 Å². The first-order chi connectivity index (χ1) is 9.70. The molecule has 0 fully saturated rings. The number of para-hydroxylation sites is 2. The Morgan fingerprint density at radius 2 is 1.90 bits per heavy atom. The average molecular weight is 340 g/mol. The molecule has 0 aliphatic carbocycles. The van der Waals surface area contributed by atoms with Crippen molar-refractivity contribution in [2.75, 3.05) is 25.6 Å². The molecule has 0 heterocycles. The summed E-state index contributed by atoms with van der Waals surface area (Å²) in [6.45, 7) is 0.901. The predicted octanol–water partition coefficient (Wildman–Crippen LogP) is 4.09. The fourth-order valence-corrected chi connectivity index (χ4v) is 2.08. The smallest absolute Gasteiger partial charge is 0.161 e. The molecule has 0 saturated carbocycles. The summed E-state index contributed by atoms with van der Waals surface area (Å²) < 4.78 is 25.1. The third-order valence-electron chi connectivity index (χ3n) is 2.67. The number of nitrogens with one attached hydrogen (secondary N) is 1. The molecule has 0 spiro atoms. The molecule has 0 aliphatic heterocycles. The van der Waals surface area contributed by atoms with Crippen LogP contribution >= 0.6 is 15.9 Å². The zero-order valence-corrected chi connectivity index (χ0v) is 12.6. The van der Waals surface area contributed by atoms with E-state index in [4.69, 9.17) is 9.47 Å². The highest BCUT2D eigenvalue weighted by molar-refractivity contribution is 9.10. The van der Waals surface area contributed by atoms with E-state index >= 15 is 0 Å². The predicted molar refractivity (Wildman–Crippen MR) is 81.1 cm³/mol. The van der Waals surface area contributed by atoms with Gasteiger partial charge in [0.2, 0.25) is 0 Å². The van der Waals surface area contributed by atoms with Gasteiger partial charge in [0.25, 0.3) is 0 Å². The lowest BCUT2D eigenvalue weighted by Gasteiger charge is -2.12. The van der Waals surface area contributed by atoms with Gasteiger partial charge in [0, 0.05) is 11.0 Å². The number of methoxy groups -OCH3 is 1. The zero-order valence-electron chi connectivity index (χ0n) is 11.0. The van der Waals surface area contributed by atoms with Crippen molar-refractivity contribution in [3.8, 4) is 11.5 Å². The summed E-state index contributed by atoms with van der Waals surface area (Å²) in [6.07, 6.45) is 0. The lowest BCUT2D eigenvalue weighted by molar-refractivity contribution is 0.305. The van der Waals surface area contributed by atoms with E-state index in [0.29, 0.717) is 30.3 Å². The first-order valence-electron chi connectivity index (χ1n) is 6.15. The standard InChI is InChI=1S/C15H15BrFNO2/c1-19-14-4-2-3-5-15(14)20-9-8-18-13-10-11(16)6-7-12(13)17/h2-7,10,18H,8-9H2,1H3. The van der Waals surface area contributed by atoms with E-state index < -0.39 is 0 Å². The SMILES string of the molecule is COc1ccccc1OCCNc1cc(Br)ccc1F. The number of hydrogen-bond acceptors (Lipinski definition) is 3. The highest BCUT2D eigenvalue weighted by atomic mass is 79.9. The lowest BCUT2D eigenvalue weighted by Crippen LogP contribution is -2.12. The van der Waals surface area contributed by atoms with Crippen molar-refractivity contribution >= 4 is 21.6 Å². The molecule has 0 aliphatic rings. The summed E-state index contributed by atoms with van der Waals surface area (Å²) in [5.74, 6) is 1.07. The van der Waals surface area contributed by atoms with Crippen LogP contribution in [0, 0.1) is 5.82 Å². The maximum atomic E-state index is 13.5. The van der Waals surface area contributed by atoms with Gasteiger partial charge in [-0.1, -0.05) is 28.1 Å². The van der Waals surface area contributed by atoms with E-state index in [2.05, 4.69) is 21.2 Å². The summed E-state index contributed by atoms with van der Waals surface area (Å²) in [5, 5.41) is 2.99. The third kappa shape index (κ3) is 3.87. The van der Waals surface area contributed by atoms with Crippen LogP contribution in [-0.2, 0) is 0 Å². The van der Waals surface area contributed by atoms with Crippen molar-refractivity contribution in [2.24, 2.45) is 0 Å². The summed E-state index contributed by atoms with van der Waals surface area (Å²) >= 11 is 3.31. The molecule has 0 saturated heterocycles. The van der Waals surface area contributed by atoms with Crippen LogP contribution in [-0.4, -0.2) is 20.3 Å².